The van der Waals surface area contributed by atoms with Crippen molar-refractivity contribution >= 4 is 22.6 Å². The Kier molecular flexibility index (Phi) is 7.91. The van der Waals surface area contributed by atoms with Gasteiger partial charge in [0.2, 0.25) is 0 Å². The number of hydrogen-bond acceptors (Lipinski definition) is 4. The third-order valence-electron chi connectivity index (χ3n) is 13.0. The van der Waals surface area contributed by atoms with Gasteiger partial charge in [0.15, 0.2) is 0 Å². The molecule has 0 aromatic heterocycles. The van der Waals surface area contributed by atoms with Gasteiger partial charge in [0.05, 0.1) is 18.8 Å². The van der Waals surface area contributed by atoms with Crippen LogP contribution in [0.25, 0.3) is 10.8 Å². The average Bonchev–Trinajstić information content (AvgIpc) is 3.31. The van der Waals surface area contributed by atoms with Crippen LogP contribution in [0.2, 0.25) is 0 Å². The van der Waals surface area contributed by atoms with Crippen molar-refractivity contribution in [3.05, 3.63) is 42.5 Å². The molecule has 4 aliphatic carbocycles. The molecule has 224 valence electrons. The molecule has 6 rings (SSSR count). The number of carbonyl (C=O) groups is 1. The van der Waals surface area contributed by atoms with Crippen LogP contribution < -0.4 is 5.32 Å². The average molecular weight is 562 g/mol. The molecule has 0 bridgehead atoms. The largest absolute Gasteiger partial charge is 0.449 e. The van der Waals surface area contributed by atoms with Gasteiger partial charge in [-0.15, -0.1) is 0 Å². The lowest BCUT2D eigenvalue weighted by Crippen LogP contribution is -2.62. The molecule has 5 nitrogen and oxygen atoms in total. The van der Waals surface area contributed by atoms with Gasteiger partial charge in [-0.05, 0) is 127 Å². The number of ether oxygens (including phenoxy) is 1. The first-order valence-electron chi connectivity index (χ1n) is 16.4. The molecule has 0 unspecified atom stereocenters. The van der Waals surface area contributed by atoms with Gasteiger partial charge in [-0.2, -0.15) is 0 Å². The van der Waals surface area contributed by atoms with Gasteiger partial charge >= 0.3 is 6.09 Å². The number of rotatable bonds is 6. The normalized spacial score (nSPS) is 40.7. The highest BCUT2D eigenvalue weighted by atomic mass is 16.5. The molecule has 5 heteroatoms. The number of benzene rings is 2. The summed E-state index contributed by atoms with van der Waals surface area (Å²) in [6.45, 7) is 10.0. The van der Waals surface area contributed by atoms with Crippen LogP contribution in [-0.2, 0) is 4.74 Å². The number of amides is 1. The van der Waals surface area contributed by atoms with Gasteiger partial charge in [0.1, 0.15) is 0 Å². The van der Waals surface area contributed by atoms with Crippen molar-refractivity contribution in [3.63, 3.8) is 0 Å². The van der Waals surface area contributed by atoms with Crippen molar-refractivity contribution < 1.29 is 19.7 Å². The van der Waals surface area contributed by atoms with E-state index in [1.807, 2.05) is 36.4 Å². The van der Waals surface area contributed by atoms with E-state index < -0.39 is 0 Å². The summed E-state index contributed by atoms with van der Waals surface area (Å²) in [6, 6.07) is 14.0. The van der Waals surface area contributed by atoms with E-state index in [2.05, 4.69) is 39.1 Å². The Morgan fingerprint density at radius 1 is 0.976 bits per heavy atom. The lowest BCUT2D eigenvalue weighted by molar-refractivity contribution is -0.203. The molecule has 4 aliphatic rings. The maximum Gasteiger partial charge on any atom is 0.411 e. The first-order valence-corrected chi connectivity index (χ1v) is 16.4. The lowest BCUT2D eigenvalue weighted by atomic mass is 9.41. The number of nitrogens with one attached hydrogen (secondary N) is 1. The maximum atomic E-state index is 12.6. The van der Waals surface area contributed by atoms with Crippen LogP contribution in [0, 0.1) is 52.3 Å². The molecule has 41 heavy (non-hydrogen) atoms. The van der Waals surface area contributed by atoms with Gasteiger partial charge < -0.3 is 14.9 Å². The van der Waals surface area contributed by atoms with Gasteiger partial charge in [0, 0.05) is 5.69 Å². The van der Waals surface area contributed by atoms with Gasteiger partial charge in [-0.1, -0.05) is 64.4 Å². The molecule has 2 aromatic carbocycles. The number of aliphatic hydroxyl groups is 2. The first kappa shape index (κ1) is 29.0. The summed E-state index contributed by atoms with van der Waals surface area (Å²) >= 11 is 0. The van der Waals surface area contributed by atoms with Crippen LogP contribution in [-0.4, -0.2) is 35.1 Å². The highest BCUT2D eigenvalue weighted by Gasteiger charge is 2.64. The van der Waals surface area contributed by atoms with Gasteiger partial charge in [-0.25, -0.2) is 4.79 Å². The van der Waals surface area contributed by atoms with Crippen LogP contribution >= 0.6 is 0 Å². The number of anilines is 1. The van der Waals surface area contributed by atoms with Crippen molar-refractivity contribution in [2.45, 2.75) is 97.7 Å². The van der Waals surface area contributed by atoms with E-state index in [1.165, 1.54) is 25.7 Å². The molecular weight excluding hydrogens is 510 g/mol. The molecule has 1 amide bonds. The summed E-state index contributed by atoms with van der Waals surface area (Å²) in [5, 5.41) is 27.6. The minimum absolute atomic E-state index is 0.201. The van der Waals surface area contributed by atoms with Crippen LogP contribution in [0.4, 0.5) is 10.5 Å². The van der Waals surface area contributed by atoms with E-state index >= 15 is 0 Å². The molecule has 0 heterocycles. The van der Waals surface area contributed by atoms with Gasteiger partial charge in [0.25, 0.3) is 0 Å². The summed E-state index contributed by atoms with van der Waals surface area (Å²) < 4.78 is 5.66. The van der Waals surface area contributed by atoms with Crippen molar-refractivity contribution in [2.75, 3.05) is 11.9 Å². The van der Waals surface area contributed by atoms with E-state index in [1.54, 1.807) is 0 Å². The van der Waals surface area contributed by atoms with E-state index in [4.69, 9.17) is 4.74 Å². The van der Waals surface area contributed by atoms with Crippen LogP contribution in [0.5, 0.6) is 0 Å². The minimum atomic E-state index is -0.389. The summed E-state index contributed by atoms with van der Waals surface area (Å²) in [6.07, 6.45) is 8.73. The SMILES string of the molecule is CC[C@H]1[C@@H](O)[C@@H]2[C@H](CC[C@]3(C)[C@@H]([C@H](C)CCOC(=O)Nc4ccc5ccccc5c4)CC[C@@H]23)[C@@]2(C)CC[C@@H](O)C[C@@H]12. The summed E-state index contributed by atoms with van der Waals surface area (Å²) in [4.78, 5) is 12.6. The van der Waals surface area contributed by atoms with Crippen molar-refractivity contribution in [1.82, 2.24) is 0 Å². The van der Waals surface area contributed by atoms with E-state index in [0.29, 0.717) is 48.0 Å². The summed E-state index contributed by atoms with van der Waals surface area (Å²) in [5.74, 6) is 3.27. The van der Waals surface area contributed by atoms with E-state index in [-0.39, 0.29) is 29.1 Å². The van der Waals surface area contributed by atoms with Crippen LogP contribution in [0.1, 0.15) is 85.5 Å². The quantitative estimate of drug-likeness (QED) is 0.333. The predicted octanol–water partition coefficient (Wildman–Crippen LogP) is 8.04. The molecular formula is C36H51NO4. The second-order valence-corrected chi connectivity index (χ2v) is 14.7. The van der Waals surface area contributed by atoms with E-state index in [9.17, 15) is 15.0 Å². The Balaban J connectivity index is 1.09. The summed E-state index contributed by atoms with van der Waals surface area (Å²) in [7, 11) is 0. The Morgan fingerprint density at radius 3 is 2.49 bits per heavy atom. The second kappa shape index (κ2) is 11.2. The zero-order valence-corrected chi connectivity index (χ0v) is 25.5. The molecule has 0 aliphatic heterocycles. The first-order chi connectivity index (χ1) is 19.7. The topological polar surface area (TPSA) is 78.8 Å². The Hall–Kier alpha value is -2.11. The van der Waals surface area contributed by atoms with Crippen LogP contribution in [0.15, 0.2) is 42.5 Å². The Morgan fingerprint density at radius 2 is 1.71 bits per heavy atom. The Bertz CT molecular complexity index is 1250. The molecule has 11 atom stereocenters. The molecule has 2 aromatic rings. The van der Waals surface area contributed by atoms with Crippen molar-refractivity contribution in [2.24, 2.45) is 52.3 Å². The predicted molar refractivity (Wildman–Crippen MR) is 164 cm³/mol. The summed E-state index contributed by atoms with van der Waals surface area (Å²) in [5.41, 5.74) is 1.22. The molecule has 4 fully saturated rings. The Labute approximate surface area is 246 Å². The molecule has 3 N–H and O–H groups in total. The fourth-order valence-corrected chi connectivity index (χ4v) is 10.9. The molecule has 0 spiro atoms. The number of aliphatic hydroxyl groups excluding tert-OH is 2. The van der Waals surface area contributed by atoms with Crippen LogP contribution in [0.3, 0.4) is 0 Å². The fourth-order valence-electron chi connectivity index (χ4n) is 10.9. The number of carbonyl (C=O) groups excluding carboxylic acids is 1. The van der Waals surface area contributed by atoms with Crippen molar-refractivity contribution in [3.8, 4) is 0 Å². The van der Waals surface area contributed by atoms with E-state index in [0.717, 1.165) is 48.6 Å². The number of hydrogen-bond donors (Lipinski definition) is 3. The molecule has 0 radical (unpaired) electrons. The molecule has 0 saturated heterocycles. The highest BCUT2D eigenvalue weighted by molar-refractivity contribution is 5.91. The van der Waals surface area contributed by atoms with Crippen molar-refractivity contribution in [1.29, 1.82) is 0 Å². The third kappa shape index (κ3) is 4.99. The monoisotopic (exact) mass is 561 g/mol. The van der Waals surface area contributed by atoms with Gasteiger partial charge in [-0.3, -0.25) is 5.32 Å². The smallest absolute Gasteiger partial charge is 0.411 e. The third-order valence-corrected chi connectivity index (χ3v) is 13.0. The fraction of sp³-hybridized carbons (Fsp3) is 0.694. The number of fused-ring (bicyclic) bond motifs is 6. The second-order valence-electron chi connectivity index (χ2n) is 14.7. The lowest BCUT2D eigenvalue weighted by Gasteiger charge is -2.64. The standard InChI is InChI=1S/C36H51NO4/c1-5-27-31-21-26(38)14-17-36(31,4)30-15-18-35(3)28(12-13-29(35)32(30)33(27)39)22(2)16-19-41-34(40)37-25-11-10-23-8-6-7-9-24(23)20-25/h6-11,20,22,26-33,38-39H,5,12-19,21H2,1-4H3,(H,37,40)/t22-,26-,27-,28-,29+,30+,31+,32+,33-,35-,36-/m1/s1. The molecule has 4 saturated carbocycles. The zero-order chi connectivity index (χ0) is 28.9. The zero-order valence-electron chi connectivity index (χ0n) is 25.5. The minimum Gasteiger partial charge on any atom is -0.449 e. The highest BCUT2D eigenvalue weighted by Crippen LogP contribution is 2.69. The maximum absolute atomic E-state index is 12.6.